The first-order chi connectivity index (χ1) is 10.8. The number of aromatic nitrogens is 2. The van der Waals surface area contributed by atoms with E-state index >= 15 is 0 Å². The summed E-state index contributed by atoms with van der Waals surface area (Å²) in [7, 11) is 0. The normalized spacial score (nSPS) is 15.7. The molecule has 0 aliphatic carbocycles. The first-order valence-electron chi connectivity index (χ1n) is 7.56. The Morgan fingerprint density at radius 1 is 1.36 bits per heavy atom. The lowest BCUT2D eigenvalue weighted by atomic mass is 9.98. The molecule has 3 heterocycles. The van der Waals surface area contributed by atoms with Crippen LogP contribution in [-0.2, 0) is 11.2 Å². The van der Waals surface area contributed by atoms with Gasteiger partial charge in [-0.05, 0) is 31.4 Å². The zero-order valence-electron chi connectivity index (χ0n) is 12.5. The predicted octanol–water partition coefficient (Wildman–Crippen LogP) is 3.25. The molecule has 1 N–H and O–H groups in total. The van der Waals surface area contributed by atoms with Crippen molar-refractivity contribution in [2.24, 2.45) is 0 Å². The van der Waals surface area contributed by atoms with Crippen LogP contribution in [0.25, 0.3) is 0 Å². The molecular weight excluding hydrogens is 298 g/mol. The van der Waals surface area contributed by atoms with E-state index in [2.05, 4.69) is 15.3 Å². The zero-order chi connectivity index (χ0) is 15.4. The monoisotopic (exact) mass is 317 g/mol. The van der Waals surface area contributed by atoms with Gasteiger partial charge >= 0.3 is 0 Å². The molecule has 2 aromatic heterocycles. The Hall–Kier alpha value is -1.79. The Labute approximate surface area is 133 Å². The molecule has 3 rings (SSSR count). The molecule has 0 radical (unpaired) electrons. The lowest BCUT2D eigenvalue weighted by Crippen LogP contribution is -2.16. The van der Waals surface area contributed by atoms with Crippen LogP contribution in [0.4, 0.5) is 5.13 Å². The average Bonchev–Trinajstić information content (AvgIpc) is 3.04. The second-order valence-electron chi connectivity index (χ2n) is 5.29. The van der Waals surface area contributed by atoms with Gasteiger partial charge in [-0.25, -0.2) is 9.97 Å². The van der Waals surface area contributed by atoms with Crippen molar-refractivity contribution in [1.29, 1.82) is 0 Å². The summed E-state index contributed by atoms with van der Waals surface area (Å²) in [5.41, 5.74) is 2.40. The third-order valence-corrected chi connectivity index (χ3v) is 4.56. The van der Waals surface area contributed by atoms with Crippen LogP contribution in [0.2, 0.25) is 0 Å². The Morgan fingerprint density at radius 2 is 2.18 bits per heavy atom. The summed E-state index contributed by atoms with van der Waals surface area (Å²) in [5, 5.41) is 5.51. The fourth-order valence-electron chi connectivity index (χ4n) is 2.49. The number of carbonyl (C=O) groups excluding carboxylic acids is 1. The number of carbonyl (C=O) groups is 1. The predicted molar refractivity (Wildman–Crippen MR) is 86.5 cm³/mol. The minimum absolute atomic E-state index is 0.205. The molecule has 0 saturated carbocycles. The number of hydrogen-bond acceptors (Lipinski definition) is 5. The van der Waals surface area contributed by atoms with E-state index in [1.807, 2.05) is 24.4 Å². The maximum absolute atomic E-state index is 12.2. The van der Waals surface area contributed by atoms with Gasteiger partial charge in [0.2, 0.25) is 0 Å². The maximum atomic E-state index is 12.2. The second kappa shape index (κ2) is 6.98. The number of aryl methyl sites for hydroxylation is 1. The summed E-state index contributed by atoms with van der Waals surface area (Å²) in [5.74, 6) is 0.236. The highest BCUT2D eigenvalue weighted by atomic mass is 32.1. The Bertz CT molecular complexity index is 650. The van der Waals surface area contributed by atoms with Gasteiger partial charge in [-0.2, -0.15) is 0 Å². The fraction of sp³-hybridized carbons (Fsp3) is 0.438. The van der Waals surface area contributed by atoms with Crippen LogP contribution in [0.3, 0.4) is 0 Å². The molecule has 116 valence electrons. The lowest BCUT2D eigenvalue weighted by Gasteiger charge is -2.19. The van der Waals surface area contributed by atoms with Crippen LogP contribution in [0, 0.1) is 0 Å². The second-order valence-corrected chi connectivity index (χ2v) is 6.14. The molecule has 22 heavy (non-hydrogen) atoms. The summed E-state index contributed by atoms with van der Waals surface area (Å²) in [4.78, 5) is 21.1. The third kappa shape index (κ3) is 3.51. The number of thiazole rings is 1. The minimum Gasteiger partial charge on any atom is -0.381 e. The molecular formula is C16H19N3O2S. The number of hydrogen-bond donors (Lipinski definition) is 1. The Balaban J connectivity index is 1.67. The van der Waals surface area contributed by atoms with Gasteiger partial charge in [0.15, 0.2) is 5.13 Å². The van der Waals surface area contributed by atoms with E-state index in [0.717, 1.165) is 43.9 Å². The molecule has 0 atom stereocenters. The van der Waals surface area contributed by atoms with E-state index < -0.39 is 0 Å². The summed E-state index contributed by atoms with van der Waals surface area (Å²) in [6.45, 7) is 3.60. The Morgan fingerprint density at radius 3 is 2.95 bits per heavy atom. The molecule has 5 nitrogen and oxygen atoms in total. The van der Waals surface area contributed by atoms with Crippen molar-refractivity contribution in [1.82, 2.24) is 9.97 Å². The quantitative estimate of drug-likeness (QED) is 0.940. The molecule has 0 spiro atoms. The van der Waals surface area contributed by atoms with Crippen molar-refractivity contribution in [2.75, 3.05) is 18.5 Å². The number of nitrogens with zero attached hydrogens (tertiary/aromatic N) is 2. The van der Waals surface area contributed by atoms with Crippen LogP contribution >= 0.6 is 11.3 Å². The van der Waals surface area contributed by atoms with E-state index in [1.54, 1.807) is 6.07 Å². The highest BCUT2D eigenvalue weighted by molar-refractivity contribution is 7.14. The number of ether oxygens (including phenoxy) is 1. The number of nitrogens with one attached hydrogen (secondary N) is 1. The van der Waals surface area contributed by atoms with Crippen molar-refractivity contribution in [3.8, 4) is 0 Å². The van der Waals surface area contributed by atoms with E-state index in [1.165, 1.54) is 11.3 Å². The third-order valence-electron chi connectivity index (χ3n) is 3.78. The van der Waals surface area contributed by atoms with Gasteiger partial charge in [0.25, 0.3) is 5.91 Å². The molecule has 0 unspecified atom stereocenters. The van der Waals surface area contributed by atoms with Crippen molar-refractivity contribution >= 4 is 22.4 Å². The van der Waals surface area contributed by atoms with E-state index in [0.29, 0.717) is 16.7 Å². The molecule has 1 aliphatic heterocycles. The smallest absolute Gasteiger partial charge is 0.276 e. The molecule has 0 aromatic carbocycles. The molecule has 1 amide bonds. The standard InChI is InChI=1S/C16H19N3O2S/c1-2-12-4-3-5-13(17-12)15(20)19-16-18-14(10-22-16)11-6-8-21-9-7-11/h3-5,10-11H,2,6-9H2,1H3,(H,18,19,20). The van der Waals surface area contributed by atoms with E-state index in [-0.39, 0.29) is 5.91 Å². The van der Waals surface area contributed by atoms with Crippen LogP contribution < -0.4 is 5.32 Å². The fourth-order valence-corrected chi connectivity index (χ4v) is 3.28. The molecule has 2 aromatic rings. The van der Waals surface area contributed by atoms with Crippen molar-refractivity contribution in [3.63, 3.8) is 0 Å². The van der Waals surface area contributed by atoms with Gasteiger partial charge in [0.1, 0.15) is 5.69 Å². The van der Waals surface area contributed by atoms with E-state index in [4.69, 9.17) is 4.74 Å². The SMILES string of the molecule is CCc1cccc(C(=O)Nc2nc(C3CCOCC3)cs2)n1. The molecule has 1 saturated heterocycles. The number of amides is 1. The zero-order valence-corrected chi connectivity index (χ0v) is 13.4. The molecule has 6 heteroatoms. The molecule has 1 fully saturated rings. The van der Waals surface area contributed by atoms with Gasteiger partial charge in [-0.1, -0.05) is 13.0 Å². The van der Waals surface area contributed by atoms with Crippen LogP contribution in [0.15, 0.2) is 23.6 Å². The first-order valence-corrected chi connectivity index (χ1v) is 8.44. The lowest BCUT2D eigenvalue weighted by molar-refractivity contribution is 0.0846. The number of pyridine rings is 1. The van der Waals surface area contributed by atoms with Gasteiger partial charge in [0.05, 0.1) is 5.69 Å². The minimum atomic E-state index is -0.205. The highest BCUT2D eigenvalue weighted by Gasteiger charge is 2.19. The van der Waals surface area contributed by atoms with Gasteiger partial charge in [-0.15, -0.1) is 11.3 Å². The van der Waals surface area contributed by atoms with Crippen LogP contribution in [-0.4, -0.2) is 29.1 Å². The van der Waals surface area contributed by atoms with Gasteiger partial charge < -0.3 is 4.74 Å². The van der Waals surface area contributed by atoms with Crippen LogP contribution in [0.5, 0.6) is 0 Å². The van der Waals surface area contributed by atoms with Crippen LogP contribution in [0.1, 0.15) is 47.6 Å². The topological polar surface area (TPSA) is 64.1 Å². The Kier molecular flexibility index (Phi) is 4.80. The summed E-state index contributed by atoms with van der Waals surface area (Å²) in [6, 6.07) is 5.50. The van der Waals surface area contributed by atoms with Crippen molar-refractivity contribution in [2.45, 2.75) is 32.1 Å². The first kappa shape index (κ1) is 15.1. The van der Waals surface area contributed by atoms with Gasteiger partial charge in [0, 0.05) is 30.2 Å². The summed E-state index contributed by atoms with van der Waals surface area (Å²) >= 11 is 1.46. The highest BCUT2D eigenvalue weighted by Crippen LogP contribution is 2.29. The largest absolute Gasteiger partial charge is 0.381 e. The summed E-state index contributed by atoms with van der Waals surface area (Å²) in [6.07, 6.45) is 2.81. The number of anilines is 1. The average molecular weight is 317 g/mol. The van der Waals surface area contributed by atoms with E-state index in [9.17, 15) is 4.79 Å². The van der Waals surface area contributed by atoms with Crippen molar-refractivity contribution in [3.05, 3.63) is 40.7 Å². The number of rotatable bonds is 4. The summed E-state index contributed by atoms with van der Waals surface area (Å²) < 4.78 is 5.37. The van der Waals surface area contributed by atoms with Crippen molar-refractivity contribution < 1.29 is 9.53 Å². The molecule has 1 aliphatic rings. The molecule has 0 bridgehead atoms. The maximum Gasteiger partial charge on any atom is 0.276 e. The van der Waals surface area contributed by atoms with Gasteiger partial charge in [-0.3, -0.25) is 10.1 Å².